The van der Waals surface area contributed by atoms with E-state index in [0.717, 1.165) is 44.6 Å². The molecule has 1 aliphatic rings. The minimum Gasteiger partial charge on any atom is -0.347 e. The molecule has 0 saturated carbocycles. The van der Waals surface area contributed by atoms with E-state index in [9.17, 15) is 4.79 Å². The zero-order chi connectivity index (χ0) is 21.5. The molecule has 1 saturated heterocycles. The van der Waals surface area contributed by atoms with Crippen LogP contribution in [-0.4, -0.2) is 28.9 Å². The van der Waals surface area contributed by atoms with Crippen LogP contribution < -0.4 is 5.32 Å². The van der Waals surface area contributed by atoms with Crippen molar-refractivity contribution in [1.82, 2.24) is 15.2 Å². The third-order valence-electron chi connectivity index (χ3n) is 6.16. The van der Waals surface area contributed by atoms with Crippen molar-refractivity contribution >= 4 is 17.2 Å². The Morgan fingerprint density at radius 1 is 1.19 bits per heavy atom. The SMILES string of the molecule is Cc1ccsc1CN1CCC[C@@H]([C@H](NC(=O)CCc2ccccc2)c2ccccn2)C1. The van der Waals surface area contributed by atoms with Crippen LogP contribution in [0.4, 0.5) is 0 Å². The van der Waals surface area contributed by atoms with E-state index < -0.39 is 0 Å². The normalized spacial score (nSPS) is 17.9. The summed E-state index contributed by atoms with van der Waals surface area (Å²) in [6.07, 6.45) is 5.35. The smallest absolute Gasteiger partial charge is 0.220 e. The molecule has 0 radical (unpaired) electrons. The van der Waals surface area contributed by atoms with Gasteiger partial charge in [0.15, 0.2) is 0 Å². The number of aryl methyl sites for hydroxylation is 2. The molecule has 5 heteroatoms. The lowest BCUT2D eigenvalue weighted by Crippen LogP contribution is -2.43. The number of thiophene rings is 1. The van der Waals surface area contributed by atoms with Crippen LogP contribution in [0, 0.1) is 12.8 Å². The number of hydrogen-bond acceptors (Lipinski definition) is 4. The predicted molar refractivity (Wildman–Crippen MR) is 127 cm³/mol. The molecule has 31 heavy (non-hydrogen) atoms. The van der Waals surface area contributed by atoms with Gasteiger partial charge in [0.25, 0.3) is 0 Å². The van der Waals surface area contributed by atoms with E-state index in [4.69, 9.17) is 0 Å². The third kappa shape index (κ3) is 6.02. The molecule has 1 fully saturated rings. The number of carbonyl (C=O) groups excluding carboxylic acids is 1. The number of rotatable bonds is 8. The summed E-state index contributed by atoms with van der Waals surface area (Å²) < 4.78 is 0. The molecule has 0 unspecified atom stereocenters. The highest BCUT2D eigenvalue weighted by molar-refractivity contribution is 7.10. The number of nitrogens with zero attached hydrogens (tertiary/aromatic N) is 2. The van der Waals surface area contributed by atoms with Gasteiger partial charge >= 0.3 is 0 Å². The topological polar surface area (TPSA) is 45.2 Å². The van der Waals surface area contributed by atoms with E-state index in [1.807, 2.05) is 53.9 Å². The van der Waals surface area contributed by atoms with Crippen LogP contribution in [0.15, 0.2) is 66.2 Å². The van der Waals surface area contributed by atoms with Gasteiger partial charge in [-0.1, -0.05) is 36.4 Å². The molecule has 0 aliphatic carbocycles. The Hall–Kier alpha value is -2.50. The molecular weight excluding hydrogens is 402 g/mol. The lowest BCUT2D eigenvalue weighted by Gasteiger charge is -2.37. The average molecular weight is 434 g/mol. The van der Waals surface area contributed by atoms with Gasteiger partial charge in [0, 0.05) is 30.6 Å². The summed E-state index contributed by atoms with van der Waals surface area (Å²) in [6, 6.07) is 18.4. The second-order valence-electron chi connectivity index (χ2n) is 8.45. The molecule has 1 aromatic carbocycles. The first-order valence-electron chi connectivity index (χ1n) is 11.2. The highest BCUT2D eigenvalue weighted by Gasteiger charge is 2.30. The van der Waals surface area contributed by atoms with Crippen LogP contribution >= 0.6 is 11.3 Å². The van der Waals surface area contributed by atoms with E-state index in [-0.39, 0.29) is 11.9 Å². The van der Waals surface area contributed by atoms with Gasteiger partial charge in [-0.15, -0.1) is 11.3 Å². The molecule has 4 nitrogen and oxygen atoms in total. The first-order chi connectivity index (χ1) is 15.2. The van der Waals surface area contributed by atoms with Crippen molar-refractivity contribution in [2.45, 2.75) is 45.2 Å². The molecule has 2 aromatic heterocycles. The Morgan fingerprint density at radius 2 is 2.03 bits per heavy atom. The summed E-state index contributed by atoms with van der Waals surface area (Å²) >= 11 is 1.84. The number of aromatic nitrogens is 1. The van der Waals surface area contributed by atoms with Gasteiger partial charge in [-0.25, -0.2) is 0 Å². The Balaban J connectivity index is 1.43. The van der Waals surface area contributed by atoms with Crippen LogP contribution in [0.25, 0.3) is 0 Å². The largest absolute Gasteiger partial charge is 0.347 e. The van der Waals surface area contributed by atoms with E-state index in [2.05, 4.69) is 45.7 Å². The van der Waals surface area contributed by atoms with Crippen LogP contribution in [0.1, 0.15) is 47.0 Å². The van der Waals surface area contributed by atoms with Gasteiger partial charge in [-0.3, -0.25) is 14.7 Å². The zero-order valence-corrected chi connectivity index (χ0v) is 19.0. The van der Waals surface area contributed by atoms with Crippen molar-refractivity contribution < 1.29 is 4.79 Å². The summed E-state index contributed by atoms with van der Waals surface area (Å²) in [5, 5.41) is 5.51. The second kappa shape index (κ2) is 10.7. The fourth-order valence-electron chi connectivity index (χ4n) is 4.42. The number of amides is 1. The van der Waals surface area contributed by atoms with E-state index >= 15 is 0 Å². The molecule has 1 amide bonds. The van der Waals surface area contributed by atoms with Gasteiger partial charge in [0.05, 0.1) is 11.7 Å². The number of piperidine rings is 1. The summed E-state index contributed by atoms with van der Waals surface area (Å²) in [4.78, 5) is 21.5. The highest BCUT2D eigenvalue weighted by atomic mass is 32.1. The van der Waals surface area contributed by atoms with Gasteiger partial charge < -0.3 is 5.32 Å². The number of carbonyl (C=O) groups is 1. The van der Waals surface area contributed by atoms with Crippen molar-refractivity contribution in [3.63, 3.8) is 0 Å². The molecular formula is C26H31N3OS. The van der Waals surface area contributed by atoms with E-state index in [0.29, 0.717) is 12.3 Å². The number of likely N-dealkylation sites (tertiary alicyclic amines) is 1. The van der Waals surface area contributed by atoms with Gasteiger partial charge in [0.2, 0.25) is 5.91 Å². The molecule has 2 atom stereocenters. The maximum Gasteiger partial charge on any atom is 0.220 e. The quantitative estimate of drug-likeness (QED) is 0.534. The summed E-state index contributed by atoms with van der Waals surface area (Å²) in [5.41, 5.74) is 3.54. The third-order valence-corrected chi connectivity index (χ3v) is 7.16. The summed E-state index contributed by atoms with van der Waals surface area (Å²) in [7, 11) is 0. The Morgan fingerprint density at radius 3 is 2.77 bits per heavy atom. The summed E-state index contributed by atoms with van der Waals surface area (Å²) in [6.45, 7) is 5.29. The standard InChI is InChI=1S/C26H31N3OS/c1-20-14-17-31-24(20)19-29-16-7-10-22(18-29)26(23-11-5-6-15-27-23)28-25(30)13-12-21-8-3-2-4-9-21/h2-6,8-9,11,14-15,17,22,26H,7,10,12-13,16,18-19H2,1H3,(H,28,30)/t22-,26+/m1/s1. The van der Waals surface area contributed by atoms with E-state index in [1.54, 1.807) is 0 Å². The lowest BCUT2D eigenvalue weighted by atomic mass is 9.88. The fraction of sp³-hybridized carbons (Fsp3) is 0.385. The molecule has 3 aromatic rings. The number of benzene rings is 1. The molecule has 1 N–H and O–H groups in total. The maximum absolute atomic E-state index is 12.9. The Kier molecular flexibility index (Phi) is 7.49. The van der Waals surface area contributed by atoms with E-state index in [1.165, 1.54) is 16.0 Å². The highest BCUT2D eigenvalue weighted by Crippen LogP contribution is 2.30. The minimum atomic E-state index is -0.0447. The van der Waals surface area contributed by atoms with Crippen LogP contribution in [-0.2, 0) is 17.8 Å². The first-order valence-corrected chi connectivity index (χ1v) is 12.1. The zero-order valence-electron chi connectivity index (χ0n) is 18.2. The minimum absolute atomic E-state index is 0.0447. The van der Waals surface area contributed by atoms with Gasteiger partial charge in [0.1, 0.15) is 0 Å². The molecule has 162 valence electrons. The molecule has 0 bridgehead atoms. The number of nitrogens with one attached hydrogen (secondary N) is 1. The van der Waals surface area contributed by atoms with Crippen molar-refractivity contribution in [3.05, 3.63) is 87.9 Å². The molecule has 3 heterocycles. The van der Waals surface area contributed by atoms with Crippen molar-refractivity contribution in [3.8, 4) is 0 Å². The maximum atomic E-state index is 12.9. The van der Waals surface area contributed by atoms with Crippen molar-refractivity contribution in [2.75, 3.05) is 13.1 Å². The fourth-order valence-corrected chi connectivity index (χ4v) is 5.37. The van der Waals surface area contributed by atoms with Crippen molar-refractivity contribution in [2.24, 2.45) is 5.92 Å². The second-order valence-corrected chi connectivity index (χ2v) is 9.45. The Labute approximate surface area is 189 Å². The monoisotopic (exact) mass is 433 g/mol. The van der Waals surface area contributed by atoms with Gasteiger partial charge in [-0.05, 0) is 73.4 Å². The number of pyridine rings is 1. The van der Waals surface area contributed by atoms with Crippen LogP contribution in [0.2, 0.25) is 0 Å². The lowest BCUT2D eigenvalue weighted by molar-refractivity contribution is -0.122. The molecule has 1 aliphatic heterocycles. The number of hydrogen-bond donors (Lipinski definition) is 1. The Bertz CT molecular complexity index is 957. The predicted octanol–water partition coefficient (Wildman–Crippen LogP) is 5.15. The first kappa shape index (κ1) is 21.7. The summed E-state index contributed by atoms with van der Waals surface area (Å²) in [5.74, 6) is 0.468. The molecule has 0 spiro atoms. The van der Waals surface area contributed by atoms with Crippen LogP contribution in [0.5, 0.6) is 0 Å². The van der Waals surface area contributed by atoms with Gasteiger partial charge in [-0.2, -0.15) is 0 Å². The molecule has 4 rings (SSSR count). The van der Waals surface area contributed by atoms with Crippen LogP contribution in [0.3, 0.4) is 0 Å². The van der Waals surface area contributed by atoms with Crippen molar-refractivity contribution in [1.29, 1.82) is 0 Å². The average Bonchev–Trinajstić information content (AvgIpc) is 3.21.